The minimum Gasteiger partial charge on any atom is -0.381 e. The second-order valence-electron chi connectivity index (χ2n) is 5.45. The average molecular weight is 320 g/mol. The molecule has 1 aliphatic rings. The lowest BCUT2D eigenvalue weighted by Crippen LogP contribution is -2.44. The van der Waals surface area contributed by atoms with Gasteiger partial charge in [0.2, 0.25) is 0 Å². The minimum absolute atomic E-state index is 0.0310. The summed E-state index contributed by atoms with van der Waals surface area (Å²) in [7, 11) is 1.77. The maximum Gasteiger partial charge on any atom is 0.276 e. The van der Waals surface area contributed by atoms with E-state index in [2.05, 4.69) is 21.8 Å². The van der Waals surface area contributed by atoms with Crippen LogP contribution in [0.4, 0.5) is 0 Å². The summed E-state index contributed by atoms with van der Waals surface area (Å²) in [6.07, 6.45) is 4.33. The summed E-state index contributed by atoms with van der Waals surface area (Å²) in [5, 5.41) is 9.91. The number of rotatable bonds is 5. The average Bonchev–Trinajstić information content (AvgIpc) is 3.20. The molecule has 0 bridgehead atoms. The topological polar surface area (TPSA) is 60.2 Å². The van der Waals surface area contributed by atoms with E-state index in [1.54, 1.807) is 29.3 Å². The lowest BCUT2D eigenvalue weighted by Gasteiger charge is -2.33. The van der Waals surface area contributed by atoms with Crippen LogP contribution < -0.4 is 0 Å². The van der Waals surface area contributed by atoms with Crippen molar-refractivity contribution in [2.75, 3.05) is 19.8 Å². The van der Waals surface area contributed by atoms with E-state index < -0.39 is 0 Å². The van der Waals surface area contributed by atoms with Crippen LogP contribution in [0, 0.1) is 0 Å². The Labute approximate surface area is 133 Å². The van der Waals surface area contributed by atoms with Crippen LogP contribution in [0.2, 0.25) is 0 Å². The first-order valence-corrected chi connectivity index (χ1v) is 8.39. The number of hydrogen-bond acceptors (Lipinski definition) is 5. The summed E-state index contributed by atoms with van der Waals surface area (Å²) < 4.78 is 6.99. The molecule has 118 valence electrons. The molecule has 0 aromatic carbocycles. The number of nitrogens with zero attached hydrogens (tertiary/aromatic N) is 4. The van der Waals surface area contributed by atoms with Crippen molar-refractivity contribution in [2.24, 2.45) is 7.05 Å². The summed E-state index contributed by atoms with van der Waals surface area (Å²) in [5.41, 5.74) is 0.417. The van der Waals surface area contributed by atoms with Gasteiger partial charge in [0.05, 0.1) is 6.20 Å². The number of aryl methyl sites for hydroxylation is 1. The molecule has 0 saturated carbocycles. The van der Waals surface area contributed by atoms with Crippen molar-refractivity contribution in [3.05, 3.63) is 34.3 Å². The minimum atomic E-state index is -0.0310. The molecule has 0 spiro atoms. The first-order valence-electron chi connectivity index (χ1n) is 7.51. The maximum absolute atomic E-state index is 12.8. The molecule has 0 atom stereocenters. The molecular weight excluding hydrogens is 300 g/mol. The van der Waals surface area contributed by atoms with E-state index in [4.69, 9.17) is 4.74 Å². The third-order valence-corrected chi connectivity index (χ3v) is 4.83. The zero-order valence-electron chi connectivity index (χ0n) is 12.6. The van der Waals surface area contributed by atoms with Gasteiger partial charge in [-0.2, -0.15) is 0 Å². The van der Waals surface area contributed by atoms with E-state index in [0.717, 1.165) is 19.3 Å². The van der Waals surface area contributed by atoms with Gasteiger partial charge in [-0.25, -0.2) is 0 Å². The van der Waals surface area contributed by atoms with Crippen LogP contribution in [-0.4, -0.2) is 51.6 Å². The van der Waals surface area contributed by atoms with Crippen LogP contribution in [0.1, 0.15) is 28.2 Å². The fraction of sp³-hybridized carbons (Fsp3) is 0.533. The number of carbonyl (C=O) groups is 1. The molecule has 7 heteroatoms. The van der Waals surface area contributed by atoms with Gasteiger partial charge in [-0.1, -0.05) is 11.3 Å². The molecule has 0 radical (unpaired) electrons. The molecule has 2 aromatic heterocycles. The van der Waals surface area contributed by atoms with Crippen LogP contribution in [0.15, 0.2) is 23.7 Å². The SMILES string of the molecule is Cn1cc(C(=O)N(CCc2cccs2)C2CCOCC2)nn1. The Morgan fingerprint density at radius 3 is 2.95 bits per heavy atom. The molecular formula is C15H20N4O2S. The van der Waals surface area contributed by atoms with Gasteiger partial charge in [-0.3, -0.25) is 9.48 Å². The smallest absolute Gasteiger partial charge is 0.276 e. The largest absolute Gasteiger partial charge is 0.381 e. The standard InChI is InChI=1S/C15H20N4O2S/c1-18-11-14(16-17-18)15(20)19(12-5-8-21-9-6-12)7-4-13-3-2-10-22-13/h2-3,10-12H,4-9H2,1H3. The van der Waals surface area contributed by atoms with Crippen LogP contribution in [0.5, 0.6) is 0 Å². The third-order valence-electron chi connectivity index (χ3n) is 3.89. The molecule has 3 rings (SSSR count). The fourth-order valence-corrected chi connectivity index (χ4v) is 3.42. The Bertz CT molecular complexity index is 605. The molecule has 22 heavy (non-hydrogen) atoms. The van der Waals surface area contributed by atoms with Gasteiger partial charge >= 0.3 is 0 Å². The third kappa shape index (κ3) is 3.53. The number of carbonyl (C=O) groups excluding carboxylic acids is 1. The highest BCUT2D eigenvalue weighted by Crippen LogP contribution is 2.18. The van der Waals surface area contributed by atoms with Gasteiger partial charge in [-0.15, -0.1) is 16.4 Å². The summed E-state index contributed by atoms with van der Waals surface area (Å²) in [6, 6.07) is 4.38. The van der Waals surface area contributed by atoms with Crippen molar-refractivity contribution in [3.63, 3.8) is 0 Å². The van der Waals surface area contributed by atoms with Crippen molar-refractivity contribution < 1.29 is 9.53 Å². The first kappa shape index (κ1) is 15.2. The van der Waals surface area contributed by atoms with E-state index in [1.165, 1.54) is 4.88 Å². The van der Waals surface area contributed by atoms with E-state index in [0.29, 0.717) is 25.5 Å². The predicted octanol–water partition coefficient (Wildman–Crippen LogP) is 1.74. The van der Waals surface area contributed by atoms with Gasteiger partial charge in [0.15, 0.2) is 5.69 Å². The van der Waals surface area contributed by atoms with E-state index in [-0.39, 0.29) is 11.9 Å². The Kier molecular flexibility index (Phi) is 4.84. The molecule has 1 saturated heterocycles. The molecule has 2 aromatic rings. The first-order chi connectivity index (χ1) is 10.7. The quantitative estimate of drug-likeness (QED) is 0.842. The lowest BCUT2D eigenvalue weighted by molar-refractivity contribution is 0.0290. The monoisotopic (exact) mass is 320 g/mol. The number of amides is 1. The zero-order chi connectivity index (χ0) is 15.4. The molecule has 0 N–H and O–H groups in total. The summed E-state index contributed by atoms with van der Waals surface area (Å²) >= 11 is 1.73. The molecule has 6 nitrogen and oxygen atoms in total. The lowest BCUT2D eigenvalue weighted by atomic mass is 10.1. The summed E-state index contributed by atoms with van der Waals surface area (Å²) in [6.45, 7) is 2.14. The highest BCUT2D eigenvalue weighted by Gasteiger charge is 2.28. The molecule has 1 aliphatic heterocycles. The summed E-state index contributed by atoms with van der Waals surface area (Å²) in [4.78, 5) is 16.0. The number of ether oxygens (including phenoxy) is 1. The highest BCUT2D eigenvalue weighted by molar-refractivity contribution is 7.09. The van der Waals surface area contributed by atoms with Gasteiger partial charge in [0.1, 0.15) is 0 Å². The Morgan fingerprint density at radius 1 is 1.50 bits per heavy atom. The van der Waals surface area contributed by atoms with Gasteiger partial charge in [0.25, 0.3) is 5.91 Å². The normalized spacial score (nSPS) is 15.9. The number of aromatic nitrogens is 3. The van der Waals surface area contributed by atoms with Crippen LogP contribution >= 0.6 is 11.3 Å². The van der Waals surface area contributed by atoms with Crippen LogP contribution in [-0.2, 0) is 18.2 Å². The molecule has 1 fully saturated rings. The van der Waals surface area contributed by atoms with Crippen molar-refractivity contribution in [3.8, 4) is 0 Å². The van der Waals surface area contributed by atoms with Crippen molar-refractivity contribution in [1.82, 2.24) is 19.9 Å². The Morgan fingerprint density at radius 2 is 2.32 bits per heavy atom. The van der Waals surface area contributed by atoms with Gasteiger partial charge in [0, 0.05) is 37.7 Å². The van der Waals surface area contributed by atoms with Crippen LogP contribution in [0.3, 0.4) is 0 Å². The fourth-order valence-electron chi connectivity index (χ4n) is 2.72. The molecule has 0 aliphatic carbocycles. The van der Waals surface area contributed by atoms with Crippen molar-refractivity contribution in [2.45, 2.75) is 25.3 Å². The zero-order valence-corrected chi connectivity index (χ0v) is 13.5. The Balaban J connectivity index is 1.73. The molecule has 3 heterocycles. The summed E-state index contributed by atoms with van der Waals surface area (Å²) in [5.74, 6) is -0.0310. The second-order valence-corrected chi connectivity index (χ2v) is 6.48. The van der Waals surface area contributed by atoms with Gasteiger partial charge in [-0.05, 0) is 30.7 Å². The van der Waals surface area contributed by atoms with Crippen LogP contribution in [0.25, 0.3) is 0 Å². The van der Waals surface area contributed by atoms with E-state index >= 15 is 0 Å². The van der Waals surface area contributed by atoms with Crippen molar-refractivity contribution >= 4 is 17.2 Å². The molecule has 0 unspecified atom stereocenters. The Hall–Kier alpha value is -1.73. The predicted molar refractivity (Wildman–Crippen MR) is 83.9 cm³/mol. The van der Waals surface area contributed by atoms with Crippen molar-refractivity contribution in [1.29, 1.82) is 0 Å². The number of thiophene rings is 1. The second kappa shape index (κ2) is 7.02. The number of hydrogen-bond donors (Lipinski definition) is 0. The molecule has 1 amide bonds. The van der Waals surface area contributed by atoms with Gasteiger partial charge < -0.3 is 9.64 Å². The van der Waals surface area contributed by atoms with E-state index in [9.17, 15) is 4.79 Å². The highest BCUT2D eigenvalue weighted by atomic mass is 32.1. The maximum atomic E-state index is 12.8. The van der Waals surface area contributed by atoms with E-state index in [1.807, 2.05) is 11.0 Å².